The number of carboxylic acid groups (broad SMARTS) is 1. The number of aliphatic carboxylic acids is 1. The molecule has 0 spiro atoms. The first kappa shape index (κ1) is 11.0. The van der Waals surface area contributed by atoms with Gasteiger partial charge < -0.3 is 10.4 Å². The van der Waals surface area contributed by atoms with Crippen molar-refractivity contribution in [1.29, 1.82) is 0 Å². The van der Waals surface area contributed by atoms with Crippen LogP contribution in [0.2, 0.25) is 0 Å². The monoisotopic (exact) mass is 209 g/mol. The van der Waals surface area contributed by atoms with Crippen LogP contribution in [0.15, 0.2) is 24.4 Å². The number of nitrogens with zero attached hydrogens (tertiary/aromatic N) is 2. The van der Waals surface area contributed by atoms with Crippen molar-refractivity contribution >= 4 is 11.9 Å². The van der Waals surface area contributed by atoms with Gasteiger partial charge in [-0.2, -0.15) is 5.10 Å². The van der Waals surface area contributed by atoms with Crippen LogP contribution in [-0.2, 0) is 23.2 Å². The Balaban J connectivity index is 2.41. The topological polar surface area (TPSA) is 84.2 Å². The van der Waals surface area contributed by atoms with Crippen LogP contribution in [0.4, 0.5) is 0 Å². The van der Waals surface area contributed by atoms with Gasteiger partial charge in [0.1, 0.15) is 0 Å². The van der Waals surface area contributed by atoms with Gasteiger partial charge in [-0.1, -0.05) is 0 Å². The highest BCUT2D eigenvalue weighted by atomic mass is 16.4. The van der Waals surface area contributed by atoms with Crippen molar-refractivity contribution in [3.63, 3.8) is 0 Å². The molecule has 0 fully saturated rings. The highest BCUT2D eigenvalue weighted by Gasteiger charge is 2.00. The molecule has 1 rings (SSSR count). The van der Waals surface area contributed by atoms with Crippen molar-refractivity contribution in [1.82, 2.24) is 15.1 Å². The number of hydrogen-bond donors (Lipinski definition) is 2. The Morgan fingerprint density at radius 1 is 1.60 bits per heavy atom. The zero-order valence-corrected chi connectivity index (χ0v) is 8.17. The van der Waals surface area contributed by atoms with Crippen LogP contribution in [0.5, 0.6) is 0 Å². The normalized spacial score (nSPS) is 10.5. The summed E-state index contributed by atoms with van der Waals surface area (Å²) in [7, 11) is 1.76. The van der Waals surface area contributed by atoms with Gasteiger partial charge in [0.05, 0.1) is 12.2 Å². The Kier molecular flexibility index (Phi) is 3.61. The molecule has 0 unspecified atom stereocenters. The Bertz CT molecular complexity index is 395. The summed E-state index contributed by atoms with van der Waals surface area (Å²) in [6.45, 7) is 0.319. The molecule has 0 atom stereocenters. The van der Waals surface area contributed by atoms with Crippen LogP contribution >= 0.6 is 0 Å². The summed E-state index contributed by atoms with van der Waals surface area (Å²) < 4.78 is 1.63. The predicted molar refractivity (Wildman–Crippen MR) is 51.8 cm³/mol. The minimum absolute atomic E-state index is 0.319. The van der Waals surface area contributed by atoms with Crippen molar-refractivity contribution in [2.45, 2.75) is 6.54 Å². The van der Waals surface area contributed by atoms with Crippen LogP contribution in [0, 0.1) is 0 Å². The maximum atomic E-state index is 11.1. The molecule has 0 aliphatic rings. The Hall–Kier alpha value is -2.11. The average molecular weight is 209 g/mol. The van der Waals surface area contributed by atoms with Gasteiger partial charge in [0.15, 0.2) is 0 Å². The largest absolute Gasteiger partial charge is 0.478 e. The lowest BCUT2D eigenvalue weighted by molar-refractivity contribution is -0.131. The van der Waals surface area contributed by atoms with E-state index in [1.54, 1.807) is 24.0 Å². The minimum Gasteiger partial charge on any atom is -0.478 e. The molecule has 1 heterocycles. The summed E-state index contributed by atoms with van der Waals surface area (Å²) in [5.74, 6) is -1.59. The van der Waals surface area contributed by atoms with E-state index in [1.165, 1.54) is 0 Å². The number of aryl methyl sites for hydroxylation is 1. The summed E-state index contributed by atoms with van der Waals surface area (Å²) in [5, 5.41) is 14.7. The van der Waals surface area contributed by atoms with Gasteiger partial charge in [0, 0.05) is 25.4 Å². The van der Waals surface area contributed by atoms with E-state index in [-0.39, 0.29) is 0 Å². The lowest BCUT2D eigenvalue weighted by atomic mass is 10.4. The van der Waals surface area contributed by atoms with E-state index in [4.69, 9.17) is 5.11 Å². The Morgan fingerprint density at radius 2 is 2.33 bits per heavy atom. The number of carbonyl (C=O) groups is 2. The first-order chi connectivity index (χ1) is 7.09. The summed E-state index contributed by atoms with van der Waals surface area (Å²) in [6.07, 6.45) is 3.38. The van der Waals surface area contributed by atoms with Gasteiger partial charge in [0.2, 0.25) is 5.91 Å². The van der Waals surface area contributed by atoms with Crippen molar-refractivity contribution in [3.8, 4) is 0 Å². The average Bonchev–Trinajstić information content (AvgIpc) is 2.58. The van der Waals surface area contributed by atoms with E-state index in [2.05, 4.69) is 10.4 Å². The lowest BCUT2D eigenvalue weighted by Crippen LogP contribution is -2.22. The van der Waals surface area contributed by atoms with Gasteiger partial charge in [-0.25, -0.2) is 4.79 Å². The Labute approximate surface area is 86.2 Å². The van der Waals surface area contributed by atoms with Crippen LogP contribution in [0.25, 0.3) is 0 Å². The summed E-state index contributed by atoms with van der Waals surface area (Å²) >= 11 is 0. The highest BCUT2D eigenvalue weighted by molar-refractivity contribution is 5.93. The van der Waals surface area contributed by atoms with E-state index in [1.807, 2.05) is 0 Å². The smallest absolute Gasteiger partial charge is 0.328 e. The highest BCUT2D eigenvalue weighted by Crippen LogP contribution is 1.94. The number of rotatable bonds is 4. The molecular formula is C9H11N3O3. The van der Waals surface area contributed by atoms with Gasteiger partial charge in [-0.15, -0.1) is 0 Å². The van der Waals surface area contributed by atoms with E-state index in [0.29, 0.717) is 6.54 Å². The summed E-state index contributed by atoms with van der Waals surface area (Å²) in [4.78, 5) is 21.2. The third kappa shape index (κ3) is 3.63. The second-order valence-corrected chi connectivity index (χ2v) is 2.84. The SMILES string of the molecule is Cn1nccc1CNC(=O)/C=C/C(=O)O. The van der Waals surface area contributed by atoms with E-state index >= 15 is 0 Å². The van der Waals surface area contributed by atoms with Gasteiger partial charge in [-0.3, -0.25) is 9.48 Å². The molecule has 0 saturated carbocycles. The fourth-order valence-corrected chi connectivity index (χ4v) is 0.958. The molecule has 6 nitrogen and oxygen atoms in total. The number of amides is 1. The molecule has 0 aliphatic heterocycles. The molecule has 15 heavy (non-hydrogen) atoms. The molecule has 80 valence electrons. The van der Waals surface area contributed by atoms with E-state index < -0.39 is 11.9 Å². The van der Waals surface area contributed by atoms with Gasteiger partial charge >= 0.3 is 5.97 Å². The van der Waals surface area contributed by atoms with Crippen molar-refractivity contribution < 1.29 is 14.7 Å². The molecule has 1 aromatic heterocycles. The predicted octanol–water partition coefficient (Wildman–Crippen LogP) is -0.323. The fraction of sp³-hybridized carbons (Fsp3) is 0.222. The fourth-order valence-electron chi connectivity index (χ4n) is 0.958. The minimum atomic E-state index is -1.15. The van der Waals surface area contributed by atoms with Gasteiger partial charge in [0.25, 0.3) is 0 Å². The second-order valence-electron chi connectivity index (χ2n) is 2.84. The first-order valence-corrected chi connectivity index (χ1v) is 4.25. The van der Waals surface area contributed by atoms with Gasteiger partial charge in [-0.05, 0) is 6.07 Å². The van der Waals surface area contributed by atoms with Crippen molar-refractivity contribution in [2.24, 2.45) is 7.05 Å². The molecule has 0 aromatic carbocycles. The molecule has 2 N–H and O–H groups in total. The maximum absolute atomic E-state index is 11.1. The Morgan fingerprint density at radius 3 is 2.87 bits per heavy atom. The number of carbonyl (C=O) groups excluding carboxylic acids is 1. The second kappa shape index (κ2) is 4.94. The molecule has 1 aromatic rings. The molecule has 0 bridgehead atoms. The standard InChI is InChI=1S/C9H11N3O3/c1-12-7(4-5-11-12)6-10-8(13)2-3-9(14)15/h2-5H,6H2,1H3,(H,10,13)(H,14,15)/b3-2+. The number of hydrogen-bond acceptors (Lipinski definition) is 3. The quantitative estimate of drug-likeness (QED) is 0.665. The lowest BCUT2D eigenvalue weighted by Gasteiger charge is -2.01. The van der Waals surface area contributed by atoms with Crippen molar-refractivity contribution in [2.75, 3.05) is 0 Å². The zero-order chi connectivity index (χ0) is 11.3. The molecule has 1 amide bonds. The van der Waals surface area contributed by atoms with Crippen LogP contribution in [0.3, 0.4) is 0 Å². The van der Waals surface area contributed by atoms with Crippen LogP contribution in [0.1, 0.15) is 5.69 Å². The maximum Gasteiger partial charge on any atom is 0.328 e. The number of nitrogens with one attached hydrogen (secondary N) is 1. The summed E-state index contributed by atoms with van der Waals surface area (Å²) in [5.41, 5.74) is 0.840. The molecule has 0 saturated heterocycles. The zero-order valence-electron chi connectivity index (χ0n) is 8.17. The number of aromatic nitrogens is 2. The molecule has 0 radical (unpaired) electrons. The third-order valence-electron chi connectivity index (χ3n) is 1.74. The van der Waals surface area contributed by atoms with Crippen LogP contribution in [-0.4, -0.2) is 26.8 Å². The first-order valence-electron chi connectivity index (χ1n) is 4.25. The molecule has 6 heteroatoms. The number of carboxylic acids is 1. The van der Waals surface area contributed by atoms with E-state index in [0.717, 1.165) is 17.8 Å². The molecule has 0 aliphatic carbocycles. The van der Waals surface area contributed by atoms with Crippen LogP contribution < -0.4 is 5.32 Å². The van der Waals surface area contributed by atoms with Crippen molar-refractivity contribution in [3.05, 3.63) is 30.1 Å². The van der Waals surface area contributed by atoms with E-state index in [9.17, 15) is 9.59 Å². The third-order valence-corrected chi connectivity index (χ3v) is 1.74. The molecular weight excluding hydrogens is 198 g/mol. The summed E-state index contributed by atoms with van der Waals surface area (Å²) in [6, 6.07) is 1.77.